The van der Waals surface area contributed by atoms with Crippen molar-refractivity contribution in [1.29, 1.82) is 0 Å². The van der Waals surface area contributed by atoms with Crippen LogP contribution in [0.2, 0.25) is 0 Å². The van der Waals surface area contributed by atoms with Gasteiger partial charge in [0.25, 0.3) is 0 Å². The van der Waals surface area contributed by atoms with E-state index in [1.54, 1.807) is 0 Å². The van der Waals surface area contributed by atoms with Crippen LogP contribution in [0.1, 0.15) is 129 Å². The minimum Gasteiger partial charge on any atom is -0.748 e. The fourth-order valence-corrected chi connectivity index (χ4v) is 5.54. The third-order valence-corrected chi connectivity index (χ3v) is 8.34. The SMILES string of the molecule is CCCCCCCCCCCC[N+](C)(C)CCCCCCCCCC[N+](C)(C)CCCS(=O)(=O)[O-]. The third-order valence-electron chi connectivity index (χ3n) is 7.55. The number of unbranched alkanes of at least 4 members (excludes halogenated alkanes) is 16. The smallest absolute Gasteiger partial charge is 0.0948 e. The highest BCUT2D eigenvalue weighted by Gasteiger charge is 2.15. The largest absolute Gasteiger partial charge is 0.748 e. The Morgan fingerprint density at radius 2 is 0.714 bits per heavy atom. The van der Waals surface area contributed by atoms with Crippen LogP contribution < -0.4 is 0 Å². The summed E-state index contributed by atoms with van der Waals surface area (Å²) in [7, 11) is 5.02. The molecule has 5 nitrogen and oxygen atoms in total. The Labute approximate surface area is 221 Å². The van der Waals surface area contributed by atoms with Crippen LogP contribution in [0, 0.1) is 0 Å². The molecule has 0 aromatic heterocycles. The minimum absolute atomic E-state index is 0.232. The van der Waals surface area contributed by atoms with Crippen LogP contribution in [0.3, 0.4) is 0 Å². The topological polar surface area (TPSA) is 57.2 Å². The molecule has 0 spiro atoms. The molecule has 0 aromatic rings. The van der Waals surface area contributed by atoms with Gasteiger partial charge in [-0.1, -0.05) is 84.0 Å². The van der Waals surface area contributed by atoms with Crippen molar-refractivity contribution in [1.82, 2.24) is 0 Å². The van der Waals surface area contributed by atoms with Crippen molar-refractivity contribution in [3.63, 3.8) is 0 Å². The Hall–Kier alpha value is -0.170. The summed E-state index contributed by atoms with van der Waals surface area (Å²) in [5, 5.41) is 0. The molecular weight excluding hydrogens is 456 g/mol. The van der Waals surface area contributed by atoms with Gasteiger partial charge in [0.05, 0.1) is 64.5 Å². The first-order chi connectivity index (χ1) is 16.5. The predicted molar refractivity (Wildman–Crippen MR) is 152 cm³/mol. The van der Waals surface area contributed by atoms with Gasteiger partial charge < -0.3 is 13.5 Å². The Morgan fingerprint density at radius 1 is 0.457 bits per heavy atom. The van der Waals surface area contributed by atoms with Crippen LogP contribution >= 0.6 is 0 Å². The van der Waals surface area contributed by atoms with E-state index in [9.17, 15) is 13.0 Å². The standard InChI is InChI=1S/C29H63N2O3S/c1-6-7-8-9-10-11-12-15-18-21-25-30(2,3)26-22-19-16-13-14-17-20-23-27-31(4,5)28-24-29-35(32,33)34/h6-29H2,1-5H3/q+1. The zero-order valence-electron chi connectivity index (χ0n) is 24.5. The summed E-state index contributed by atoms with van der Waals surface area (Å²) < 4.78 is 34.2. The molecule has 0 atom stereocenters. The zero-order valence-corrected chi connectivity index (χ0v) is 25.3. The molecule has 0 aliphatic rings. The van der Waals surface area contributed by atoms with E-state index < -0.39 is 10.1 Å². The average molecular weight is 520 g/mol. The van der Waals surface area contributed by atoms with Crippen LogP contribution in [0.4, 0.5) is 0 Å². The maximum atomic E-state index is 10.7. The Balaban J connectivity index is 3.51. The molecule has 0 aliphatic heterocycles. The Morgan fingerprint density at radius 3 is 1.00 bits per heavy atom. The van der Waals surface area contributed by atoms with E-state index in [-0.39, 0.29) is 5.75 Å². The summed E-state index contributed by atoms with van der Waals surface area (Å²) in [4.78, 5) is 0. The minimum atomic E-state index is -4.07. The molecule has 0 radical (unpaired) electrons. The highest BCUT2D eigenvalue weighted by molar-refractivity contribution is 7.85. The highest BCUT2D eigenvalue weighted by Crippen LogP contribution is 2.14. The average Bonchev–Trinajstić information content (AvgIpc) is 2.75. The van der Waals surface area contributed by atoms with Gasteiger partial charge >= 0.3 is 0 Å². The van der Waals surface area contributed by atoms with E-state index in [1.165, 1.54) is 133 Å². The molecule has 35 heavy (non-hydrogen) atoms. The number of rotatable bonds is 26. The van der Waals surface area contributed by atoms with E-state index in [0.717, 1.165) is 17.6 Å². The maximum Gasteiger partial charge on any atom is 0.0948 e. The van der Waals surface area contributed by atoms with Gasteiger partial charge in [-0.15, -0.1) is 0 Å². The molecule has 6 heteroatoms. The number of nitrogens with zero attached hydrogens (tertiary/aromatic N) is 2. The lowest BCUT2D eigenvalue weighted by Crippen LogP contribution is -2.41. The second-order valence-corrected chi connectivity index (χ2v) is 13.9. The maximum absolute atomic E-state index is 10.7. The molecule has 0 aliphatic carbocycles. The highest BCUT2D eigenvalue weighted by atomic mass is 32.2. The molecule has 0 saturated carbocycles. The molecule has 0 aromatic carbocycles. The lowest BCUT2D eigenvalue weighted by molar-refractivity contribution is -0.890. The van der Waals surface area contributed by atoms with E-state index in [1.807, 2.05) is 0 Å². The molecule has 0 unspecified atom stereocenters. The van der Waals surface area contributed by atoms with Gasteiger partial charge in [0, 0.05) is 12.2 Å². The second-order valence-electron chi connectivity index (χ2n) is 12.4. The molecule has 0 N–H and O–H groups in total. The van der Waals surface area contributed by atoms with E-state index in [4.69, 9.17) is 0 Å². The summed E-state index contributed by atoms with van der Waals surface area (Å²) in [6.07, 6.45) is 25.2. The first-order valence-electron chi connectivity index (χ1n) is 15.0. The number of hydrogen-bond acceptors (Lipinski definition) is 3. The van der Waals surface area contributed by atoms with Gasteiger partial charge in [-0.3, -0.25) is 0 Å². The monoisotopic (exact) mass is 519 g/mol. The quantitative estimate of drug-likeness (QED) is 0.0694. The van der Waals surface area contributed by atoms with Gasteiger partial charge in [-0.2, -0.15) is 0 Å². The van der Waals surface area contributed by atoms with Crippen molar-refractivity contribution < 1.29 is 21.9 Å². The predicted octanol–water partition coefficient (Wildman–Crippen LogP) is 7.12. The third kappa shape index (κ3) is 26.7. The first kappa shape index (κ1) is 34.8. The normalized spacial score (nSPS) is 13.0. The van der Waals surface area contributed by atoms with Gasteiger partial charge in [-0.05, 0) is 38.5 Å². The summed E-state index contributed by atoms with van der Waals surface area (Å²) in [5.41, 5.74) is 0. The van der Waals surface area contributed by atoms with Crippen molar-refractivity contribution in [3.05, 3.63) is 0 Å². The fourth-order valence-electron chi connectivity index (χ4n) is 5.06. The van der Waals surface area contributed by atoms with Crippen molar-refractivity contribution in [2.24, 2.45) is 0 Å². The van der Waals surface area contributed by atoms with Gasteiger partial charge in [0.1, 0.15) is 0 Å². The lowest BCUT2D eigenvalue weighted by atomic mass is 10.1. The van der Waals surface area contributed by atoms with Crippen molar-refractivity contribution >= 4 is 10.1 Å². The van der Waals surface area contributed by atoms with Crippen molar-refractivity contribution in [2.45, 2.75) is 129 Å². The van der Waals surface area contributed by atoms with E-state index in [0.29, 0.717) is 6.42 Å². The van der Waals surface area contributed by atoms with Crippen LogP contribution in [0.5, 0.6) is 0 Å². The summed E-state index contributed by atoms with van der Waals surface area (Å²) in [6.45, 7) is 6.76. The number of hydrogen-bond donors (Lipinski definition) is 0. The molecule has 0 heterocycles. The first-order valence-corrected chi connectivity index (χ1v) is 16.6. The van der Waals surface area contributed by atoms with Crippen LogP contribution in [0.25, 0.3) is 0 Å². The van der Waals surface area contributed by atoms with E-state index >= 15 is 0 Å². The van der Waals surface area contributed by atoms with Gasteiger partial charge in [-0.25, -0.2) is 8.42 Å². The summed E-state index contributed by atoms with van der Waals surface area (Å²) in [6, 6.07) is 0. The molecule has 0 amide bonds. The summed E-state index contributed by atoms with van der Waals surface area (Å²) in [5.74, 6) is -0.232. The zero-order chi connectivity index (χ0) is 26.5. The van der Waals surface area contributed by atoms with Gasteiger partial charge in [0.2, 0.25) is 0 Å². The van der Waals surface area contributed by atoms with E-state index in [2.05, 4.69) is 35.1 Å². The molecule has 0 rings (SSSR count). The molecule has 0 fully saturated rings. The van der Waals surface area contributed by atoms with Crippen molar-refractivity contribution in [2.75, 3.05) is 60.1 Å². The van der Waals surface area contributed by atoms with Crippen molar-refractivity contribution in [3.8, 4) is 0 Å². The Kier molecular flexibility index (Phi) is 20.7. The van der Waals surface area contributed by atoms with Gasteiger partial charge in [0.15, 0.2) is 0 Å². The second kappa shape index (κ2) is 20.8. The lowest BCUT2D eigenvalue weighted by Gasteiger charge is -2.30. The molecular formula is C29H63N2O3S+. The molecule has 212 valence electrons. The van der Waals surface area contributed by atoms with Crippen LogP contribution in [-0.2, 0) is 10.1 Å². The molecule has 0 bridgehead atoms. The van der Waals surface area contributed by atoms with Crippen LogP contribution in [-0.4, -0.2) is 82.1 Å². The molecule has 0 saturated heterocycles. The Bertz CT molecular complexity index is 576. The van der Waals surface area contributed by atoms with Crippen LogP contribution in [0.15, 0.2) is 0 Å². The fraction of sp³-hybridized carbons (Fsp3) is 1.00. The summed E-state index contributed by atoms with van der Waals surface area (Å²) >= 11 is 0. The number of quaternary nitrogens is 2.